The van der Waals surface area contributed by atoms with Crippen molar-refractivity contribution in [3.8, 4) is 5.69 Å². The summed E-state index contributed by atoms with van der Waals surface area (Å²) in [4.78, 5) is 16.9. The third-order valence-electron chi connectivity index (χ3n) is 4.13. The maximum atomic E-state index is 12.3. The quantitative estimate of drug-likeness (QED) is 0.624. The van der Waals surface area contributed by atoms with Crippen LogP contribution in [0.25, 0.3) is 11.3 Å². The van der Waals surface area contributed by atoms with Crippen molar-refractivity contribution in [3.05, 3.63) is 90.1 Å². The zero-order chi connectivity index (χ0) is 17.2. The van der Waals surface area contributed by atoms with Gasteiger partial charge >= 0.3 is 0 Å². The Kier molecular flexibility index (Phi) is 3.82. The SMILES string of the molecule is Cc1ccn2cc(CNC(=O)c3ccc(-n4cccc4)cc3)nc2c1. The van der Waals surface area contributed by atoms with Crippen molar-refractivity contribution in [2.75, 3.05) is 0 Å². The van der Waals surface area contributed by atoms with E-state index in [1.54, 1.807) is 0 Å². The highest BCUT2D eigenvalue weighted by molar-refractivity contribution is 5.94. The molecule has 0 spiro atoms. The summed E-state index contributed by atoms with van der Waals surface area (Å²) < 4.78 is 3.96. The molecule has 0 aliphatic rings. The third kappa shape index (κ3) is 3.17. The Morgan fingerprint density at radius 3 is 2.60 bits per heavy atom. The molecule has 4 rings (SSSR count). The van der Waals surface area contributed by atoms with E-state index in [9.17, 15) is 4.79 Å². The molecule has 4 aromatic rings. The summed E-state index contributed by atoms with van der Waals surface area (Å²) in [7, 11) is 0. The minimum absolute atomic E-state index is 0.104. The van der Waals surface area contributed by atoms with Gasteiger partial charge in [0.05, 0.1) is 12.2 Å². The number of aryl methyl sites for hydroxylation is 1. The second-order valence-corrected chi connectivity index (χ2v) is 6.02. The molecule has 25 heavy (non-hydrogen) atoms. The smallest absolute Gasteiger partial charge is 0.251 e. The summed E-state index contributed by atoms with van der Waals surface area (Å²) in [6, 6.07) is 15.5. The Morgan fingerprint density at radius 2 is 1.84 bits per heavy atom. The van der Waals surface area contributed by atoms with Crippen molar-refractivity contribution in [2.24, 2.45) is 0 Å². The molecule has 0 saturated heterocycles. The summed E-state index contributed by atoms with van der Waals surface area (Å²) in [5.74, 6) is -0.104. The summed E-state index contributed by atoms with van der Waals surface area (Å²) in [5, 5.41) is 2.92. The Labute approximate surface area is 145 Å². The standard InChI is InChI=1S/C20H18N4O/c1-15-8-11-24-14-17(22-19(24)12-15)13-21-20(25)16-4-6-18(7-5-16)23-9-2-3-10-23/h2-12,14H,13H2,1H3,(H,21,25). The predicted molar refractivity (Wildman–Crippen MR) is 96.9 cm³/mol. The van der Waals surface area contributed by atoms with E-state index >= 15 is 0 Å². The van der Waals surface area contributed by atoms with Crippen LogP contribution in [0.1, 0.15) is 21.6 Å². The minimum atomic E-state index is -0.104. The normalized spacial score (nSPS) is 10.9. The highest BCUT2D eigenvalue weighted by atomic mass is 16.1. The van der Waals surface area contributed by atoms with Crippen LogP contribution in [0, 0.1) is 6.92 Å². The predicted octanol–water partition coefficient (Wildman–Crippen LogP) is 3.36. The van der Waals surface area contributed by atoms with Crippen molar-refractivity contribution in [2.45, 2.75) is 13.5 Å². The summed E-state index contributed by atoms with van der Waals surface area (Å²) in [6.45, 7) is 2.44. The fraction of sp³-hybridized carbons (Fsp3) is 0.100. The largest absolute Gasteiger partial charge is 0.346 e. The number of amides is 1. The first kappa shape index (κ1) is 15.2. The molecule has 0 saturated carbocycles. The van der Waals surface area contributed by atoms with E-state index in [-0.39, 0.29) is 5.91 Å². The summed E-state index contributed by atoms with van der Waals surface area (Å²) in [5.41, 5.74) is 4.55. The maximum Gasteiger partial charge on any atom is 0.251 e. The summed E-state index contributed by atoms with van der Waals surface area (Å²) >= 11 is 0. The number of carbonyl (C=O) groups excluding carboxylic acids is 1. The zero-order valence-electron chi connectivity index (χ0n) is 13.9. The lowest BCUT2D eigenvalue weighted by atomic mass is 10.2. The van der Waals surface area contributed by atoms with E-state index in [0.717, 1.165) is 22.6 Å². The van der Waals surface area contributed by atoms with E-state index in [2.05, 4.69) is 10.3 Å². The van der Waals surface area contributed by atoms with Crippen molar-refractivity contribution in [3.63, 3.8) is 0 Å². The van der Waals surface area contributed by atoms with Gasteiger partial charge in [0.1, 0.15) is 5.65 Å². The molecule has 0 fully saturated rings. The van der Waals surface area contributed by atoms with Gasteiger partial charge in [0.15, 0.2) is 0 Å². The molecule has 3 heterocycles. The van der Waals surface area contributed by atoms with Gasteiger partial charge in [-0.15, -0.1) is 0 Å². The number of imidazole rings is 1. The molecule has 0 radical (unpaired) electrons. The maximum absolute atomic E-state index is 12.3. The van der Waals surface area contributed by atoms with Gasteiger partial charge in [-0.25, -0.2) is 4.98 Å². The average Bonchev–Trinajstić information content (AvgIpc) is 3.29. The molecule has 1 amide bonds. The molecule has 1 N–H and O–H groups in total. The van der Waals surface area contributed by atoms with Gasteiger partial charge in [0.25, 0.3) is 5.91 Å². The highest BCUT2D eigenvalue weighted by Crippen LogP contribution is 2.11. The molecule has 124 valence electrons. The number of hydrogen-bond acceptors (Lipinski definition) is 2. The molecule has 0 bridgehead atoms. The molecule has 0 aliphatic heterocycles. The van der Waals surface area contributed by atoms with Gasteiger partial charge in [-0.2, -0.15) is 0 Å². The van der Waals surface area contributed by atoms with Gasteiger partial charge in [-0.05, 0) is 61.0 Å². The Hall–Kier alpha value is -3.34. The topological polar surface area (TPSA) is 51.3 Å². The van der Waals surface area contributed by atoms with Gasteiger partial charge in [0, 0.05) is 36.0 Å². The number of rotatable bonds is 4. The van der Waals surface area contributed by atoms with Crippen molar-refractivity contribution < 1.29 is 4.79 Å². The number of aromatic nitrogens is 3. The fourth-order valence-corrected chi connectivity index (χ4v) is 2.79. The molecular weight excluding hydrogens is 312 g/mol. The summed E-state index contributed by atoms with van der Waals surface area (Å²) in [6.07, 6.45) is 7.85. The van der Waals surface area contributed by atoms with Crippen LogP contribution in [0.5, 0.6) is 0 Å². The van der Waals surface area contributed by atoms with Gasteiger partial charge in [-0.3, -0.25) is 4.79 Å². The number of fused-ring (bicyclic) bond motifs is 1. The zero-order valence-corrected chi connectivity index (χ0v) is 13.9. The van der Waals surface area contributed by atoms with Gasteiger partial charge in [0.2, 0.25) is 0 Å². The van der Waals surface area contributed by atoms with Crippen LogP contribution in [0.15, 0.2) is 73.3 Å². The Morgan fingerprint density at radius 1 is 1.08 bits per heavy atom. The molecule has 0 aliphatic carbocycles. The third-order valence-corrected chi connectivity index (χ3v) is 4.13. The highest BCUT2D eigenvalue weighted by Gasteiger charge is 2.07. The fourth-order valence-electron chi connectivity index (χ4n) is 2.79. The molecule has 0 atom stereocenters. The number of pyridine rings is 1. The first-order valence-electron chi connectivity index (χ1n) is 8.15. The van der Waals surface area contributed by atoms with Crippen molar-refractivity contribution in [1.29, 1.82) is 0 Å². The van der Waals surface area contributed by atoms with Crippen LogP contribution in [0.4, 0.5) is 0 Å². The van der Waals surface area contributed by atoms with Crippen LogP contribution < -0.4 is 5.32 Å². The first-order valence-corrected chi connectivity index (χ1v) is 8.15. The van der Waals surface area contributed by atoms with Crippen LogP contribution in [0.3, 0.4) is 0 Å². The van der Waals surface area contributed by atoms with E-state index in [1.165, 1.54) is 0 Å². The Balaban J connectivity index is 1.44. The lowest BCUT2D eigenvalue weighted by Gasteiger charge is -2.06. The van der Waals surface area contributed by atoms with Gasteiger partial charge in [-0.1, -0.05) is 0 Å². The number of hydrogen-bond donors (Lipinski definition) is 1. The van der Waals surface area contributed by atoms with Gasteiger partial charge < -0.3 is 14.3 Å². The molecule has 3 aromatic heterocycles. The Bertz CT molecular complexity index is 1010. The van der Waals surface area contributed by atoms with E-state index in [4.69, 9.17) is 0 Å². The molecule has 0 unspecified atom stereocenters. The number of nitrogens with one attached hydrogen (secondary N) is 1. The van der Waals surface area contributed by atoms with Crippen molar-refractivity contribution in [1.82, 2.24) is 19.3 Å². The number of nitrogens with zero attached hydrogens (tertiary/aromatic N) is 3. The monoisotopic (exact) mass is 330 g/mol. The first-order chi connectivity index (χ1) is 12.2. The van der Waals surface area contributed by atoms with Crippen LogP contribution in [0.2, 0.25) is 0 Å². The van der Waals surface area contributed by atoms with E-state index in [1.807, 2.05) is 89.2 Å². The average molecular weight is 330 g/mol. The van der Waals surface area contributed by atoms with Crippen LogP contribution in [-0.4, -0.2) is 19.9 Å². The minimum Gasteiger partial charge on any atom is -0.346 e. The lowest BCUT2D eigenvalue weighted by Crippen LogP contribution is -2.22. The molecule has 5 nitrogen and oxygen atoms in total. The molecular formula is C20H18N4O. The second-order valence-electron chi connectivity index (χ2n) is 6.02. The van der Waals surface area contributed by atoms with Crippen LogP contribution in [-0.2, 0) is 6.54 Å². The second kappa shape index (κ2) is 6.28. The molecule has 5 heteroatoms. The molecule has 1 aromatic carbocycles. The van der Waals surface area contributed by atoms with Crippen molar-refractivity contribution >= 4 is 11.6 Å². The lowest BCUT2D eigenvalue weighted by molar-refractivity contribution is 0.0950. The number of carbonyl (C=O) groups is 1. The van der Waals surface area contributed by atoms with Crippen LogP contribution >= 0.6 is 0 Å². The van der Waals surface area contributed by atoms with E-state index < -0.39 is 0 Å². The number of benzene rings is 1. The van der Waals surface area contributed by atoms with E-state index in [0.29, 0.717) is 12.1 Å².